The van der Waals surface area contributed by atoms with Crippen LogP contribution in [-0.2, 0) is 0 Å². The summed E-state index contributed by atoms with van der Waals surface area (Å²) in [6.45, 7) is 4.45. The average Bonchev–Trinajstić information content (AvgIpc) is 2.17. The predicted octanol–water partition coefficient (Wildman–Crippen LogP) is 3.11. The second kappa shape index (κ2) is 4.19. The molecule has 2 N–H and O–H groups in total. The minimum atomic E-state index is 0.215. The molecule has 0 heterocycles. The Kier molecular flexibility index (Phi) is 2.92. The standard InChI is InChI=1S/C14H19N/c1-10-7-11(2)9-13(8-10)12-3-5-14(15)6-4-12/h3-5,7-8,11,14H,6,9,15H2,1-2H3/t11-,14?/m0/s1. The Morgan fingerprint density at radius 3 is 2.80 bits per heavy atom. The Labute approximate surface area is 92.1 Å². The van der Waals surface area contributed by atoms with Crippen LogP contribution in [0, 0.1) is 5.92 Å². The second-order valence-corrected chi connectivity index (χ2v) is 4.68. The lowest BCUT2D eigenvalue weighted by Gasteiger charge is -2.20. The Bertz CT molecular complexity index is 369. The van der Waals surface area contributed by atoms with Gasteiger partial charge < -0.3 is 5.73 Å². The molecule has 80 valence electrons. The molecule has 0 bridgehead atoms. The van der Waals surface area contributed by atoms with Crippen LogP contribution in [0.1, 0.15) is 26.7 Å². The minimum absolute atomic E-state index is 0.215. The van der Waals surface area contributed by atoms with Crippen molar-refractivity contribution in [2.75, 3.05) is 0 Å². The zero-order valence-corrected chi connectivity index (χ0v) is 9.53. The maximum Gasteiger partial charge on any atom is 0.0262 e. The molecule has 0 aliphatic heterocycles. The monoisotopic (exact) mass is 201 g/mol. The fraction of sp³-hybridized carbons (Fsp3) is 0.429. The summed E-state index contributed by atoms with van der Waals surface area (Å²) in [7, 11) is 0. The van der Waals surface area contributed by atoms with Crippen molar-refractivity contribution >= 4 is 0 Å². The number of nitrogens with two attached hydrogens (primary N) is 1. The highest BCUT2D eigenvalue weighted by Gasteiger charge is 2.13. The predicted molar refractivity (Wildman–Crippen MR) is 65.4 cm³/mol. The molecule has 1 heteroatoms. The van der Waals surface area contributed by atoms with Gasteiger partial charge >= 0.3 is 0 Å². The van der Waals surface area contributed by atoms with Crippen molar-refractivity contribution < 1.29 is 0 Å². The van der Waals surface area contributed by atoms with E-state index in [1.807, 2.05) is 0 Å². The third-order valence-electron chi connectivity index (χ3n) is 2.99. The zero-order valence-electron chi connectivity index (χ0n) is 9.53. The van der Waals surface area contributed by atoms with E-state index in [9.17, 15) is 0 Å². The molecule has 0 spiro atoms. The average molecular weight is 201 g/mol. The van der Waals surface area contributed by atoms with E-state index in [-0.39, 0.29) is 6.04 Å². The maximum absolute atomic E-state index is 5.82. The van der Waals surface area contributed by atoms with Crippen molar-refractivity contribution in [1.29, 1.82) is 0 Å². The van der Waals surface area contributed by atoms with Gasteiger partial charge in [-0.1, -0.05) is 42.9 Å². The van der Waals surface area contributed by atoms with Crippen LogP contribution < -0.4 is 5.73 Å². The Morgan fingerprint density at radius 2 is 2.20 bits per heavy atom. The number of allylic oxidation sites excluding steroid dienone is 6. The van der Waals surface area contributed by atoms with Gasteiger partial charge in [-0.05, 0) is 36.8 Å². The molecular weight excluding hydrogens is 182 g/mol. The van der Waals surface area contributed by atoms with Crippen LogP contribution in [0.2, 0.25) is 0 Å². The van der Waals surface area contributed by atoms with Gasteiger partial charge in [0.05, 0.1) is 0 Å². The smallest absolute Gasteiger partial charge is 0.0262 e. The molecule has 2 rings (SSSR count). The fourth-order valence-electron chi connectivity index (χ4n) is 2.31. The van der Waals surface area contributed by atoms with Gasteiger partial charge in [0.2, 0.25) is 0 Å². The van der Waals surface area contributed by atoms with Crippen molar-refractivity contribution in [2.45, 2.75) is 32.7 Å². The van der Waals surface area contributed by atoms with Gasteiger partial charge in [0, 0.05) is 6.04 Å². The van der Waals surface area contributed by atoms with Gasteiger partial charge in [-0.2, -0.15) is 0 Å². The molecule has 0 saturated heterocycles. The van der Waals surface area contributed by atoms with Crippen molar-refractivity contribution in [3.05, 3.63) is 47.1 Å². The van der Waals surface area contributed by atoms with Crippen LogP contribution in [0.3, 0.4) is 0 Å². The first-order valence-electron chi connectivity index (χ1n) is 5.68. The first kappa shape index (κ1) is 10.4. The molecule has 0 aromatic heterocycles. The lowest BCUT2D eigenvalue weighted by molar-refractivity contribution is 0.703. The zero-order chi connectivity index (χ0) is 10.8. The highest BCUT2D eigenvalue weighted by Crippen LogP contribution is 2.29. The van der Waals surface area contributed by atoms with E-state index in [0.29, 0.717) is 5.92 Å². The van der Waals surface area contributed by atoms with Crippen LogP contribution in [0.15, 0.2) is 47.1 Å². The van der Waals surface area contributed by atoms with Gasteiger partial charge in [0.15, 0.2) is 0 Å². The fourth-order valence-corrected chi connectivity index (χ4v) is 2.31. The normalized spacial score (nSPS) is 30.7. The summed E-state index contributed by atoms with van der Waals surface area (Å²) in [4.78, 5) is 0. The quantitative estimate of drug-likeness (QED) is 0.693. The Morgan fingerprint density at radius 1 is 1.40 bits per heavy atom. The molecule has 1 nitrogen and oxygen atoms in total. The lowest BCUT2D eigenvalue weighted by atomic mass is 9.86. The maximum atomic E-state index is 5.82. The van der Waals surface area contributed by atoms with Crippen molar-refractivity contribution in [3.63, 3.8) is 0 Å². The SMILES string of the molecule is CC1=C[C@H](C)CC(C2=CCC(N)C=C2)=C1. The Balaban J connectivity index is 2.19. The van der Waals surface area contributed by atoms with Gasteiger partial charge in [-0.15, -0.1) is 0 Å². The van der Waals surface area contributed by atoms with Crippen LogP contribution in [0.25, 0.3) is 0 Å². The molecule has 2 aliphatic carbocycles. The molecular formula is C14H19N. The van der Waals surface area contributed by atoms with E-state index in [1.165, 1.54) is 16.7 Å². The molecule has 0 fully saturated rings. The van der Waals surface area contributed by atoms with Gasteiger partial charge in [-0.3, -0.25) is 0 Å². The van der Waals surface area contributed by atoms with Gasteiger partial charge in [-0.25, -0.2) is 0 Å². The van der Waals surface area contributed by atoms with Crippen LogP contribution in [-0.4, -0.2) is 6.04 Å². The number of hydrogen-bond donors (Lipinski definition) is 1. The number of hydrogen-bond acceptors (Lipinski definition) is 1. The van der Waals surface area contributed by atoms with Gasteiger partial charge in [0.25, 0.3) is 0 Å². The van der Waals surface area contributed by atoms with E-state index in [1.54, 1.807) is 0 Å². The molecule has 0 radical (unpaired) electrons. The summed E-state index contributed by atoms with van der Waals surface area (Å²) >= 11 is 0. The van der Waals surface area contributed by atoms with E-state index in [2.05, 4.69) is 44.2 Å². The molecule has 15 heavy (non-hydrogen) atoms. The van der Waals surface area contributed by atoms with Gasteiger partial charge in [0.1, 0.15) is 0 Å². The largest absolute Gasteiger partial charge is 0.324 e. The van der Waals surface area contributed by atoms with E-state index >= 15 is 0 Å². The highest BCUT2D eigenvalue weighted by molar-refractivity contribution is 5.47. The highest BCUT2D eigenvalue weighted by atomic mass is 14.6. The second-order valence-electron chi connectivity index (χ2n) is 4.68. The molecule has 0 saturated carbocycles. The molecule has 1 unspecified atom stereocenters. The Hall–Kier alpha value is -1.08. The van der Waals surface area contributed by atoms with E-state index in [0.717, 1.165) is 12.8 Å². The molecule has 0 amide bonds. The molecule has 2 atom stereocenters. The van der Waals surface area contributed by atoms with Crippen LogP contribution in [0.4, 0.5) is 0 Å². The molecule has 2 aliphatic rings. The van der Waals surface area contributed by atoms with Crippen molar-refractivity contribution in [1.82, 2.24) is 0 Å². The summed E-state index contributed by atoms with van der Waals surface area (Å²) < 4.78 is 0. The first-order chi connectivity index (χ1) is 7.15. The number of rotatable bonds is 1. The third-order valence-corrected chi connectivity index (χ3v) is 2.99. The van der Waals surface area contributed by atoms with E-state index < -0.39 is 0 Å². The summed E-state index contributed by atoms with van der Waals surface area (Å²) in [6, 6.07) is 0.215. The summed E-state index contributed by atoms with van der Waals surface area (Å²) in [5, 5.41) is 0. The van der Waals surface area contributed by atoms with Crippen LogP contribution >= 0.6 is 0 Å². The summed E-state index contributed by atoms with van der Waals surface area (Å²) in [6.07, 6.45) is 13.3. The first-order valence-corrected chi connectivity index (χ1v) is 5.68. The topological polar surface area (TPSA) is 26.0 Å². The summed E-state index contributed by atoms with van der Waals surface area (Å²) in [5.41, 5.74) is 10.0. The van der Waals surface area contributed by atoms with Crippen molar-refractivity contribution in [3.8, 4) is 0 Å². The summed E-state index contributed by atoms with van der Waals surface area (Å²) in [5.74, 6) is 0.662. The molecule has 0 aromatic rings. The minimum Gasteiger partial charge on any atom is -0.324 e. The lowest BCUT2D eigenvalue weighted by Crippen LogP contribution is -2.18. The van der Waals surface area contributed by atoms with Crippen LogP contribution in [0.5, 0.6) is 0 Å². The van der Waals surface area contributed by atoms with Crippen molar-refractivity contribution in [2.24, 2.45) is 11.7 Å². The van der Waals surface area contributed by atoms with E-state index in [4.69, 9.17) is 5.73 Å². The third kappa shape index (κ3) is 2.48. The molecule has 0 aromatic carbocycles.